The van der Waals surface area contributed by atoms with Crippen LogP contribution in [-0.4, -0.2) is 12.2 Å². The summed E-state index contributed by atoms with van der Waals surface area (Å²) in [6, 6.07) is 32.7. The molecule has 0 unspecified atom stereocenters. The van der Waals surface area contributed by atoms with Crippen molar-refractivity contribution < 1.29 is 19.1 Å². The molecule has 0 fully saturated rings. The van der Waals surface area contributed by atoms with Crippen LogP contribution in [0.1, 0.15) is 11.1 Å². The van der Waals surface area contributed by atoms with Gasteiger partial charge in [0.1, 0.15) is 11.5 Å². The molecule has 4 aromatic carbocycles. The second kappa shape index (κ2) is 11.3. The molecule has 0 saturated carbocycles. The Hall–Kier alpha value is -4.93. The quantitative estimate of drug-likeness (QED) is 0.164. The van der Waals surface area contributed by atoms with Crippen LogP contribution in [0.3, 0.4) is 0 Å². The number of carbonyl (C=O) groups excluding carboxylic acids is 2. The Balaban J connectivity index is 1.55. The van der Waals surface area contributed by atoms with E-state index in [0.717, 1.165) is 11.1 Å². The van der Waals surface area contributed by atoms with Gasteiger partial charge in [0.25, 0.3) is 0 Å². The Morgan fingerprint density at radius 2 is 1.26 bits per heavy atom. The number of isocyanates is 1. The molecule has 6 nitrogen and oxygen atoms in total. The third kappa shape index (κ3) is 6.32. The molecular weight excluding hydrogens is 440 g/mol. The summed E-state index contributed by atoms with van der Waals surface area (Å²) in [5.41, 5.74) is 3.20. The highest BCUT2D eigenvalue weighted by molar-refractivity contribution is 5.92. The van der Waals surface area contributed by atoms with Crippen molar-refractivity contribution in [2.75, 3.05) is 4.90 Å². The summed E-state index contributed by atoms with van der Waals surface area (Å²) in [4.78, 5) is 28.4. The van der Waals surface area contributed by atoms with Crippen LogP contribution in [0.5, 0.6) is 11.5 Å². The van der Waals surface area contributed by atoms with E-state index < -0.39 is 6.09 Å². The van der Waals surface area contributed by atoms with Crippen molar-refractivity contribution in [2.45, 2.75) is 6.42 Å². The Morgan fingerprint density at radius 3 is 1.80 bits per heavy atom. The normalized spacial score (nSPS) is 10.1. The Bertz CT molecular complexity index is 1280. The van der Waals surface area contributed by atoms with Gasteiger partial charge < -0.3 is 9.47 Å². The first-order chi connectivity index (χ1) is 17.1. The Labute approximate surface area is 203 Å². The second-order valence-electron chi connectivity index (χ2n) is 7.54. The molecule has 0 N–H and O–H groups in total. The fraction of sp³-hybridized carbons (Fsp3) is 0.0345. The van der Waals surface area contributed by atoms with E-state index >= 15 is 0 Å². The van der Waals surface area contributed by atoms with Gasteiger partial charge in [-0.1, -0.05) is 60.7 Å². The van der Waals surface area contributed by atoms with Crippen molar-refractivity contribution >= 4 is 23.5 Å². The molecule has 0 radical (unpaired) electrons. The fourth-order valence-corrected chi connectivity index (χ4v) is 3.40. The molecule has 0 aliphatic heterocycles. The zero-order chi connectivity index (χ0) is 24.5. The zero-order valence-corrected chi connectivity index (χ0v) is 18.8. The molecule has 0 bridgehead atoms. The van der Waals surface area contributed by atoms with Crippen LogP contribution < -0.4 is 14.4 Å². The molecule has 4 rings (SSSR count). The lowest BCUT2D eigenvalue weighted by atomic mass is 10.0. The summed E-state index contributed by atoms with van der Waals surface area (Å²) in [7, 11) is 0. The van der Waals surface area contributed by atoms with Crippen molar-refractivity contribution in [3.05, 3.63) is 133 Å². The molecule has 0 heterocycles. The SMILES string of the molecule is C=C(Oc1ccccc1)N(C(=O)Oc1ccccc1)c1ccc(Cc2ccc(N=C=O)cc2)cc1. The maximum atomic E-state index is 13.1. The van der Waals surface area contributed by atoms with Gasteiger partial charge in [0, 0.05) is 0 Å². The molecule has 35 heavy (non-hydrogen) atoms. The van der Waals surface area contributed by atoms with Gasteiger partial charge in [-0.3, -0.25) is 0 Å². The van der Waals surface area contributed by atoms with Gasteiger partial charge in [-0.25, -0.2) is 14.5 Å². The first kappa shape index (κ1) is 23.2. The van der Waals surface area contributed by atoms with Crippen LogP contribution >= 0.6 is 0 Å². The van der Waals surface area contributed by atoms with E-state index in [0.29, 0.717) is 29.3 Å². The predicted octanol–water partition coefficient (Wildman–Crippen LogP) is 6.80. The van der Waals surface area contributed by atoms with Crippen LogP contribution in [0.15, 0.2) is 127 Å². The third-order valence-electron chi connectivity index (χ3n) is 5.07. The minimum atomic E-state index is -0.642. The number of nitrogens with zero attached hydrogens (tertiary/aromatic N) is 2. The zero-order valence-electron chi connectivity index (χ0n) is 18.8. The number of benzene rings is 4. The summed E-state index contributed by atoms with van der Waals surface area (Å²) >= 11 is 0. The molecule has 4 aromatic rings. The maximum absolute atomic E-state index is 13.1. The number of hydrogen-bond acceptors (Lipinski definition) is 5. The van der Waals surface area contributed by atoms with E-state index in [9.17, 15) is 9.59 Å². The van der Waals surface area contributed by atoms with Crippen molar-refractivity contribution in [1.29, 1.82) is 0 Å². The standard InChI is InChI=1S/C29H22N2O4/c1-22(34-27-8-4-2-5-9-27)31(29(33)35-28-10-6-3-7-11-28)26-18-14-24(15-19-26)20-23-12-16-25(17-13-23)30-21-32/h2-19H,1,20H2. The minimum Gasteiger partial charge on any atom is -0.441 e. The molecule has 1 amide bonds. The van der Waals surface area contributed by atoms with E-state index in [1.54, 1.807) is 48.5 Å². The molecule has 0 aliphatic carbocycles. The van der Waals surface area contributed by atoms with Crippen molar-refractivity contribution in [3.63, 3.8) is 0 Å². The maximum Gasteiger partial charge on any atom is 0.426 e. The van der Waals surface area contributed by atoms with Crippen LogP contribution in [0.2, 0.25) is 0 Å². The second-order valence-corrected chi connectivity index (χ2v) is 7.54. The monoisotopic (exact) mass is 462 g/mol. The topological polar surface area (TPSA) is 68.2 Å². The molecule has 0 aromatic heterocycles. The summed E-state index contributed by atoms with van der Waals surface area (Å²) < 4.78 is 11.4. The largest absolute Gasteiger partial charge is 0.441 e. The third-order valence-corrected chi connectivity index (χ3v) is 5.07. The van der Waals surface area contributed by atoms with Gasteiger partial charge in [0.05, 0.1) is 11.4 Å². The lowest BCUT2D eigenvalue weighted by molar-refractivity contribution is 0.206. The highest BCUT2D eigenvalue weighted by Gasteiger charge is 2.23. The van der Waals surface area contributed by atoms with Crippen LogP contribution in [-0.2, 0) is 11.2 Å². The van der Waals surface area contributed by atoms with E-state index in [4.69, 9.17) is 9.47 Å². The van der Waals surface area contributed by atoms with Gasteiger partial charge in [0.2, 0.25) is 12.0 Å². The number of amides is 1. The van der Waals surface area contributed by atoms with Gasteiger partial charge in [-0.2, -0.15) is 4.99 Å². The summed E-state index contributed by atoms with van der Waals surface area (Å²) in [5.74, 6) is 1.07. The van der Waals surface area contributed by atoms with Crippen LogP contribution in [0.4, 0.5) is 16.2 Å². The molecular formula is C29H22N2O4. The molecule has 0 saturated heterocycles. The van der Waals surface area contributed by atoms with Crippen LogP contribution in [0, 0.1) is 0 Å². The van der Waals surface area contributed by atoms with E-state index in [1.807, 2.05) is 60.7 Å². The molecule has 0 spiro atoms. The van der Waals surface area contributed by atoms with Crippen LogP contribution in [0.25, 0.3) is 0 Å². The van der Waals surface area contributed by atoms with Gasteiger partial charge in [-0.05, 0) is 72.7 Å². The van der Waals surface area contributed by atoms with Crippen molar-refractivity contribution in [1.82, 2.24) is 0 Å². The molecule has 0 aliphatic rings. The molecule has 172 valence electrons. The van der Waals surface area contributed by atoms with Gasteiger partial charge in [-0.15, -0.1) is 0 Å². The number of hydrogen-bond donors (Lipinski definition) is 0. The Kier molecular flexibility index (Phi) is 7.49. The first-order valence-corrected chi connectivity index (χ1v) is 10.9. The smallest absolute Gasteiger partial charge is 0.426 e. The number of ether oxygens (including phenoxy) is 2. The van der Waals surface area contributed by atoms with Crippen molar-refractivity contribution in [3.8, 4) is 11.5 Å². The summed E-state index contributed by atoms with van der Waals surface area (Å²) in [6.07, 6.45) is 1.56. The van der Waals surface area contributed by atoms with Crippen molar-refractivity contribution in [2.24, 2.45) is 4.99 Å². The summed E-state index contributed by atoms with van der Waals surface area (Å²) in [6.45, 7) is 3.97. The first-order valence-electron chi connectivity index (χ1n) is 10.9. The van der Waals surface area contributed by atoms with Gasteiger partial charge in [0.15, 0.2) is 0 Å². The average Bonchev–Trinajstić information content (AvgIpc) is 2.88. The lowest BCUT2D eigenvalue weighted by Crippen LogP contribution is -2.34. The Morgan fingerprint density at radius 1 is 0.743 bits per heavy atom. The highest BCUT2D eigenvalue weighted by atomic mass is 16.6. The predicted molar refractivity (Wildman–Crippen MR) is 135 cm³/mol. The van der Waals surface area contributed by atoms with Gasteiger partial charge >= 0.3 is 6.09 Å². The van der Waals surface area contributed by atoms with E-state index in [2.05, 4.69) is 11.6 Å². The van der Waals surface area contributed by atoms with E-state index in [-0.39, 0.29) is 5.88 Å². The van der Waals surface area contributed by atoms with E-state index in [1.165, 1.54) is 11.0 Å². The highest BCUT2D eigenvalue weighted by Crippen LogP contribution is 2.25. The molecule has 0 atom stereocenters. The number of aliphatic imine (C=N–C) groups is 1. The minimum absolute atomic E-state index is 0.108. The average molecular weight is 463 g/mol. The number of para-hydroxylation sites is 2. The fourth-order valence-electron chi connectivity index (χ4n) is 3.40. The number of rotatable bonds is 8. The number of carbonyl (C=O) groups is 1. The molecule has 6 heteroatoms. The lowest BCUT2D eigenvalue weighted by Gasteiger charge is -2.24. The summed E-state index contributed by atoms with van der Waals surface area (Å²) in [5, 5.41) is 0. The number of anilines is 1.